The summed E-state index contributed by atoms with van der Waals surface area (Å²) >= 11 is 1.06. The van der Waals surface area contributed by atoms with E-state index in [9.17, 15) is 22.8 Å². The number of alkyl halides is 3. The fourth-order valence-electron chi connectivity index (χ4n) is 3.99. The van der Waals surface area contributed by atoms with Gasteiger partial charge in [-0.3, -0.25) is 14.2 Å². The van der Waals surface area contributed by atoms with Crippen LogP contribution in [0.3, 0.4) is 0 Å². The number of aromatic nitrogens is 3. The predicted molar refractivity (Wildman–Crippen MR) is 143 cm³/mol. The standard InChI is InChI=1S/C27H21F3N4O4S/c1-2-37-18-13-9-17(10-14-18)34-25(36)24-23(20-5-3-4-6-21(20)32-24)33-26(34)39-15-22(35)31-16-7-11-19(12-8-16)38-27(28,29)30/h3-14,32H,2,15H2,1H3,(H,31,35). The number of rotatable bonds is 8. The number of carbonyl (C=O) groups excluding carboxylic acids is 1. The van der Waals surface area contributed by atoms with Crippen molar-refractivity contribution in [2.24, 2.45) is 0 Å². The highest BCUT2D eigenvalue weighted by atomic mass is 32.2. The Morgan fingerprint density at radius 1 is 1.03 bits per heavy atom. The van der Waals surface area contributed by atoms with Crippen LogP contribution in [0.2, 0.25) is 0 Å². The van der Waals surface area contributed by atoms with Crippen LogP contribution >= 0.6 is 11.8 Å². The van der Waals surface area contributed by atoms with Gasteiger partial charge in [-0.15, -0.1) is 13.2 Å². The number of fused-ring (bicyclic) bond motifs is 3. The number of halogens is 3. The summed E-state index contributed by atoms with van der Waals surface area (Å²) < 4.78 is 47.9. The first kappa shape index (κ1) is 26.2. The van der Waals surface area contributed by atoms with Crippen molar-refractivity contribution in [3.8, 4) is 17.2 Å². The minimum Gasteiger partial charge on any atom is -0.494 e. The molecule has 5 aromatic rings. The van der Waals surface area contributed by atoms with E-state index in [-0.39, 0.29) is 11.3 Å². The van der Waals surface area contributed by atoms with Crippen LogP contribution in [-0.2, 0) is 4.79 Å². The van der Waals surface area contributed by atoms with Crippen molar-refractivity contribution in [2.75, 3.05) is 17.7 Å². The number of nitrogens with zero attached hydrogens (tertiary/aromatic N) is 2. The minimum absolute atomic E-state index is 0.113. The highest BCUT2D eigenvalue weighted by Crippen LogP contribution is 2.28. The van der Waals surface area contributed by atoms with Gasteiger partial charge in [0.2, 0.25) is 5.91 Å². The van der Waals surface area contributed by atoms with Gasteiger partial charge in [0, 0.05) is 16.6 Å². The first-order chi connectivity index (χ1) is 18.7. The Kier molecular flexibility index (Phi) is 7.20. The third-order valence-corrected chi connectivity index (χ3v) is 6.54. The van der Waals surface area contributed by atoms with E-state index in [1.54, 1.807) is 24.3 Å². The second-order valence-electron chi connectivity index (χ2n) is 8.27. The Morgan fingerprint density at radius 3 is 2.41 bits per heavy atom. The topological polar surface area (TPSA) is 98.2 Å². The Bertz CT molecular complexity index is 1700. The van der Waals surface area contributed by atoms with Gasteiger partial charge in [0.1, 0.15) is 22.5 Å². The second kappa shape index (κ2) is 10.7. The molecule has 0 aliphatic heterocycles. The Morgan fingerprint density at radius 2 is 1.72 bits per heavy atom. The average molecular weight is 555 g/mol. The lowest BCUT2D eigenvalue weighted by Gasteiger charge is -2.13. The number of H-pyrrole nitrogens is 1. The molecule has 0 aliphatic rings. The summed E-state index contributed by atoms with van der Waals surface area (Å²) in [5.74, 6) is -0.298. The van der Waals surface area contributed by atoms with Crippen LogP contribution < -0.4 is 20.3 Å². The number of carbonyl (C=O) groups is 1. The zero-order chi connectivity index (χ0) is 27.6. The van der Waals surface area contributed by atoms with Crippen LogP contribution in [0.4, 0.5) is 18.9 Å². The molecule has 0 radical (unpaired) electrons. The van der Waals surface area contributed by atoms with Crippen LogP contribution in [0.1, 0.15) is 6.92 Å². The molecule has 0 saturated carbocycles. The molecule has 2 heterocycles. The maximum Gasteiger partial charge on any atom is 0.573 e. The lowest BCUT2D eigenvalue weighted by atomic mass is 10.2. The van der Waals surface area contributed by atoms with Gasteiger partial charge in [0.15, 0.2) is 5.16 Å². The molecular formula is C27H21F3N4O4S. The summed E-state index contributed by atoms with van der Waals surface area (Å²) in [6.45, 7) is 2.37. The van der Waals surface area contributed by atoms with Crippen LogP contribution in [-0.4, -0.2) is 39.2 Å². The molecule has 0 atom stereocenters. The van der Waals surface area contributed by atoms with Gasteiger partial charge in [-0.25, -0.2) is 4.98 Å². The van der Waals surface area contributed by atoms with Gasteiger partial charge in [-0.1, -0.05) is 30.0 Å². The van der Waals surface area contributed by atoms with Crippen molar-refractivity contribution >= 4 is 45.3 Å². The lowest BCUT2D eigenvalue weighted by molar-refractivity contribution is -0.274. The van der Waals surface area contributed by atoms with Crippen molar-refractivity contribution in [3.63, 3.8) is 0 Å². The predicted octanol–water partition coefficient (Wildman–Crippen LogP) is 5.90. The van der Waals surface area contributed by atoms with Gasteiger partial charge >= 0.3 is 6.36 Å². The Labute approximate surface area is 223 Å². The summed E-state index contributed by atoms with van der Waals surface area (Å²) in [6.07, 6.45) is -4.81. The Balaban J connectivity index is 1.44. The summed E-state index contributed by atoms with van der Waals surface area (Å²) in [5, 5.41) is 3.70. The molecule has 0 bridgehead atoms. The van der Waals surface area contributed by atoms with Crippen molar-refractivity contribution in [3.05, 3.63) is 83.2 Å². The van der Waals surface area contributed by atoms with Crippen LogP contribution in [0, 0.1) is 0 Å². The number of anilines is 1. The van der Waals surface area contributed by atoms with Gasteiger partial charge in [-0.05, 0) is 61.5 Å². The monoisotopic (exact) mass is 554 g/mol. The van der Waals surface area contributed by atoms with Crippen molar-refractivity contribution in [1.82, 2.24) is 14.5 Å². The van der Waals surface area contributed by atoms with Crippen LogP contribution in [0.25, 0.3) is 27.6 Å². The number of benzene rings is 3. The molecule has 0 spiro atoms. The van der Waals surface area contributed by atoms with Gasteiger partial charge in [-0.2, -0.15) is 0 Å². The Hall–Kier alpha value is -4.45. The highest BCUT2D eigenvalue weighted by molar-refractivity contribution is 7.99. The fraction of sp³-hybridized carbons (Fsp3) is 0.148. The molecule has 200 valence electrons. The van der Waals surface area contributed by atoms with E-state index in [4.69, 9.17) is 9.72 Å². The first-order valence-corrected chi connectivity index (χ1v) is 12.8. The quantitative estimate of drug-likeness (QED) is 0.183. The zero-order valence-corrected chi connectivity index (χ0v) is 21.2. The zero-order valence-electron chi connectivity index (χ0n) is 20.4. The molecular weight excluding hydrogens is 533 g/mol. The summed E-state index contributed by atoms with van der Waals surface area (Å²) in [5.41, 5.74) is 2.08. The second-order valence-corrected chi connectivity index (χ2v) is 9.21. The van der Waals surface area contributed by atoms with Gasteiger partial charge in [0.25, 0.3) is 5.56 Å². The van der Waals surface area contributed by atoms with E-state index in [1.165, 1.54) is 16.7 Å². The maximum atomic E-state index is 13.7. The molecule has 5 rings (SSSR count). The number of ether oxygens (including phenoxy) is 2. The number of aromatic amines is 1. The molecule has 39 heavy (non-hydrogen) atoms. The van der Waals surface area contributed by atoms with Crippen LogP contribution in [0.15, 0.2) is 82.7 Å². The normalized spacial score (nSPS) is 11.6. The maximum absolute atomic E-state index is 13.7. The van der Waals surface area contributed by atoms with Crippen molar-refractivity contribution in [2.45, 2.75) is 18.4 Å². The SMILES string of the molecule is CCOc1ccc(-n2c(SCC(=O)Nc3ccc(OC(F)(F)F)cc3)nc3c([nH]c4ccccc43)c2=O)cc1. The molecule has 12 heteroatoms. The number of amides is 1. The lowest BCUT2D eigenvalue weighted by Crippen LogP contribution is -2.23. The fourth-order valence-corrected chi connectivity index (χ4v) is 4.80. The third kappa shape index (κ3) is 5.85. The van der Waals surface area contributed by atoms with Crippen molar-refractivity contribution < 1.29 is 27.4 Å². The number of hydrogen-bond acceptors (Lipinski definition) is 6. The van der Waals surface area contributed by atoms with Crippen LogP contribution in [0.5, 0.6) is 11.5 Å². The van der Waals surface area contributed by atoms with E-state index >= 15 is 0 Å². The number of hydrogen-bond donors (Lipinski definition) is 2. The van der Waals surface area contributed by atoms with E-state index < -0.39 is 18.0 Å². The molecule has 0 unspecified atom stereocenters. The molecule has 8 nitrogen and oxygen atoms in total. The van der Waals surface area contributed by atoms with Crippen molar-refractivity contribution in [1.29, 1.82) is 0 Å². The first-order valence-electron chi connectivity index (χ1n) is 11.8. The average Bonchev–Trinajstić information content (AvgIpc) is 3.28. The van der Waals surface area contributed by atoms with Gasteiger partial charge < -0.3 is 19.8 Å². The summed E-state index contributed by atoms with van der Waals surface area (Å²) in [6, 6.07) is 19.2. The number of nitrogens with one attached hydrogen (secondary N) is 2. The van der Waals surface area contributed by atoms with Gasteiger partial charge in [0.05, 0.1) is 18.0 Å². The van der Waals surface area contributed by atoms with E-state index in [0.29, 0.717) is 39.9 Å². The summed E-state index contributed by atoms with van der Waals surface area (Å²) in [7, 11) is 0. The largest absolute Gasteiger partial charge is 0.573 e. The molecule has 1 amide bonds. The van der Waals surface area contributed by atoms with E-state index in [2.05, 4.69) is 15.0 Å². The molecule has 0 aliphatic carbocycles. The molecule has 2 N–H and O–H groups in total. The van der Waals surface area contributed by atoms with E-state index in [1.807, 2.05) is 31.2 Å². The minimum atomic E-state index is -4.81. The third-order valence-electron chi connectivity index (χ3n) is 5.60. The summed E-state index contributed by atoms with van der Waals surface area (Å²) in [4.78, 5) is 34.2. The smallest absolute Gasteiger partial charge is 0.494 e. The van der Waals surface area contributed by atoms with E-state index in [0.717, 1.165) is 34.8 Å². The highest BCUT2D eigenvalue weighted by Gasteiger charge is 2.31. The molecule has 0 saturated heterocycles. The number of para-hydroxylation sites is 1. The molecule has 0 fully saturated rings. The molecule has 2 aromatic heterocycles. The molecule has 3 aromatic carbocycles. The number of thioether (sulfide) groups is 1.